The molecule has 2 rings (SSSR count). The van der Waals surface area contributed by atoms with Crippen LogP contribution in [0.25, 0.3) is 24.8 Å². The van der Waals surface area contributed by atoms with Gasteiger partial charge in [-0.05, 0) is 17.4 Å². The van der Waals surface area contributed by atoms with Gasteiger partial charge in [-0.3, -0.25) is 0 Å². The van der Waals surface area contributed by atoms with Crippen LogP contribution in [0, 0.1) is 0 Å². The van der Waals surface area contributed by atoms with Crippen molar-refractivity contribution in [2.45, 2.75) is 0 Å². The third kappa shape index (κ3) is 2.11. The lowest BCUT2D eigenvalue weighted by Crippen LogP contribution is -2.49. The first-order valence-electron chi connectivity index (χ1n) is 5.30. The highest BCUT2D eigenvalue weighted by Gasteiger charge is 1.98. The van der Waals surface area contributed by atoms with Crippen LogP contribution in [-0.2, 0) is 0 Å². The molecule has 1 aromatic rings. The largest absolute Gasteiger partial charge is 0.493 e. The van der Waals surface area contributed by atoms with E-state index in [2.05, 4.69) is 18.1 Å². The molecule has 1 aromatic heterocycles. The Hall–Kier alpha value is -2.35. The summed E-state index contributed by atoms with van der Waals surface area (Å²) in [7, 11) is 0. The molecule has 1 heterocycles. The van der Waals surface area contributed by atoms with Crippen molar-refractivity contribution < 1.29 is 5.11 Å². The number of nitrogens with zero attached hydrogens (tertiary/aromatic N) is 1. The summed E-state index contributed by atoms with van der Waals surface area (Å²) in [5.74, 6) is 0.0108. The molecular formula is C15H13NO. The van der Waals surface area contributed by atoms with Gasteiger partial charge in [0.2, 0.25) is 5.88 Å². The molecule has 0 saturated carbocycles. The van der Waals surface area contributed by atoms with Gasteiger partial charge in [-0.15, -0.1) is 0 Å². The number of pyridine rings is 1. The van der Waals surface area contributed by atoms with Crippen molar-refractivity contribution in [3.05, 3.63) is 58.0 Å². The predicted molar refractivity (Wildman–Crippen MR) is 71.8 cm³/mol. The van der Waals surface area contributed by atoms with E-state index < -0.39 is 0 Å². The smallest absolute Gasteiger partial charge is 0.219 e. The van der Waals surface area contributed by atoms with E-state index in [9.17, 15) is 5.11 Å². The van der Waals surface area contributed by atoms with E-state index in [1.165, 1.54) is 0 Å². The molecular weight excluding hydrogens is 210 g/mol. The molecule has 84 valence electrons. The summed E-state index contributed by atoms with van der Waals surface area (Å²) < 4.78 is 0. The molecule has 1 aliphatic rings. The van der Waals surface area contributed by atoms with Crippen LogP contribution in [-0.4, -0.2) is 10.1 Å². The van der Waals surface area contributed by atoms with Crippen LogP contribution in [0.1, 0.15) is 0 Å². The number of aromatic hydroxyl groups is 1. The van der Waals surface area contributed by atoms with E-state index in [0.29, 0.717) is 10.6 Å². The predicted octanol–water partition coefficient (Wildman–Crippen LogP) is -0.149. The minimum atomic E-state index is 0.0108. The van der Waals surface area contributed by atoms with Crippen molar-refractivity contribution in [1.29, 1.82) is 0 Å². The molecule has 2 nitrogen and oxygen atoms in total. The monoisotopic (exact) mass is 223 g/mol. The minimum absolute atomic E-state index is 0.0108. The molecule has 0 aromatic carbocycles. The summed E-state index contributed by atoms with van der Waals surface area (Å²) in [6.07, 6.45) is 14.7. The van der Waals surface area contributed by atoms with Gasteiger partial charge in [0.05, 0.1) is 5.35 Å². The molecule has 17 heavy (non-hydrogen) atoms. The average Bonchev–Trinajstić information content (AvgIpc) is 2.25. The SMILES string of the molecule is C=C/C=c1/nc(O)c2/c(c1=C)=C\C=C/C=C\C=2. The fourth-order valence-corrected chi connectivity index (χ4v) is 1.70. The van der Waals surface area contributed by atoms with Crippen LogP contribution in [0.5, 0.6) is 5.88 Å². The van der Waals surface area contributed by atoms with Gasteiger partial charge in [-0.1, -0.05) is 49.6 Å². The Bertz CT molecular complexity index is 737. The van der Waals surface area contributed by atoms with Crippen molar-refractivity contribution in [2.24, 2.45) is 0 Å². The van der Waals surface area contributed by atoms with E-state index >= 15 is 0 Å². The Morgan fingerprint density at radius 3 is 2.35 bits per heavy atom. The zero-order chi connectivity index (χ0) is 12.3. The number of hydrogen-bond acceptors (Lipinski definition) is 2. The van der Waals surface area contributed by atoms with E-state index in [1.54, 1.807) is 12.2 Å². The van der Waals surface area contributed by atoms with Gasteiger partial charge in [0, 0.05) is 10.4 Å². The zero-order valence-corrected chi connectivity index (χ0v) is 9.43. The first-order chi connectivity index (χ1) is 8.24. The van der Waals surface area contributed by atoms with Crippen LogP contribution < -0.4 is 21.0 Å². The Balaban J connectivity index is 3.05. The third-order valence-corrected chi connectivity index (χ3v) is 2.53. The molecule has 0 saturated heterocycles. The van der Waals surface area contributed by atoms with Crippen molar-refractivity contribution in [2.75, 3.05) is 0 Å². The molecule has 1 aliphatic carbocycles. The Morgan fingerprint density at radius 2 is 1.71 bits per heavy atom. The summed E-state index contributed by atoms with van der Waals surface area (Å²) >= 11 is 0. The molecule has 0 radical (unpaired) electrons. The van der Waals surface area contributed by atoms with Gasteiger partial charge in [0.25, 0.3) is 0 Å². The molecule has 0 bridgehead atoms. The fourth-order valence-electron chi connectivity index (χ4n) is 1.70. The Labute approximate surface area is 99.3 Å². The van der Waals surface area contributed by atoms with Crippen molar-refractivity contribution in [1.82, 2.24) is 4.98 Å². The molecule has 0 unspecified atom stereocenters. The third-order valence-electron chi connectivity index (χ3n) is 2.53. The summed E-state index contributed by atoms with van der Waals surface area (Å²) in [4.78, 5) is 4.11. The molecule has 2 heteroatoms. The number of hydrogen-bond donors (Lipinski definition) is 1. The summed E-state index contributed by atoms with van der Waals surface area (Å²) in [5, 5.41) is 12.9. The van der Waals surface area contributed by atoms with E-state index in [1.807, 2.05) is 36.5 Å². The van der Waals surface area contributed by atoms with Gasteiger partial charge in [0.1, 0.15) is 0 Å². The van der Waals surface area contributed by atoms with Gasteiger partial charge in [-0.25, -0.2) is 4.98 Å². The fraction of sp³-hybridized carbons (Fsp3) is 0. The first-order valence-corrected chi connectivity index (χ1v) is 5.30. The van der Waals surface area contributed by atoms with E-state index in [0.717, 1.165) is 10.4 Å². The normalized spacial score (nSPS) is 22.0. The average molecular weight is 223 g/mol. The number of allylic oxidation sites excluding steroid dienone is 5. The van der Waals surface area contributed by atoms with Crippen LogP contribution in [0.15, 0.2) is 37.0 Å². The topological polar surface area (TPSA) is 33.1 Å². The Kier molecular flexibility index (Phi) is 3.06. The van der Waals surface area contributed by atoms with Crippen LogP contribution in [0.2, 0.25) is 0 Å². The Morgan fingerprint density at radius 1 is 1.06 bits per heavy atom. The lowest BCUT2D eigenvalue weighted by Gasteiger charge is -1.98. The van der Waals surface area contributed by atoms with Gasteiger partial charge in [-0.2, -0.15) is 0 Å². The minimum Gasteiger partial charge on any atom is -0.493 e. The zero-order valence-electron chi connectivity index (χ0n) is 9.43. The van der Waals surface area contributed by atoms with Crippen LogP contribution in [0.4, 0.5) is 0 Å². The van der Waals surface area contributed by atoms with Crippen LogP contribution in [0.3, 0.4) is 0 Å². The molecule has 0 aliphatic heterocycles. The first kappa shape index (κ1) is 11.1. The van der Waals surface area contributed by atoms with E-state index in [4.69, 9.17) is 0 Å². The highest BCUT2D eigenvalue weighted by atomic mass is 16.3. The van der Waals surface area contributed by atoms with Crippen molar-refractivity contribution >= 4 is 24.8 Å². The molecule has 0 atom stereocenters. The maximum absolute atomic E-state index is 9.90. The summed E-state index contributed by atoms with van der Waals surface area (Å²) in [6, 6.07) is 0. The summed E-state index contributed by atoms with van der Waals surface area (Å²) in [6.45, 7) is 7.63. The molecule has 0 amide bonds. The van der Waals surface area contributed by atoms with Gasteiger partial charge >= 0.3 is 0 Å². The standard InChI is InChI=1S/C15H13NO/c1-3-8-14-11(2)12-9-6-4-5-7-10-13(12)15(17)16-14/h3-10H,1-2H2,(H,16,17)/b5-4?,6-4-,7-5-,9-6?,10-7?,12-9-,13-10+,14-8+. The number of fused-ring (bicyclic) bond motifs is 1. The second-order valence-electron chi connectivity index (χ2n) is 3.63. The second-order valence-corrected chi connectivity index (χ2v) is 3.63. The molecule has 0 spiro atoms. The van der Waals surface area contributed by atoms with Gasteiger partial charge in [0.15, 0.2) is 0 Å². The van der Waals surface area contributed by atoms with Gasteiger partial charge < -0.3 is 5.11 Å². The molecule has 0 fully saturated rings. The quantitative estimate of drug-likeness (QED) is 0.718. The number of aromatic nitrogens is 1. The van der Waals surface area contributed by atoms with Crippen molar-refractivity contribution in [3.63, 3.8) is 0 Å². The second kappa shape index (κ2) is 4.66. The van der Waals surface area contributed by atoms with Crippen LogP contribution >= 0.6 is 0 Å². The summed E-state index contributed by atoms with van der Waals surface area (Å²) in [5.41, 5.74) is 0. The molecule has 1 N–H and O–H groups in total. The highest BCUT2D eigenvalue weighted by molar-refractivity contribution is 5.50. The highest BCUT2D eigenvalue weighted by Crippen LogP contribution is 1.88. The lowest BCUT2D eigenvalue weighted by molar-refractivity contribution is 0.446. The van der Waals surface area contributed by atoms with E-state index in [-0.39, 0.29) is 5.88 Å². The maximum Gasteiger partial charge on any atom is 0.219 e. The van der Waals surface area contributed by atoms with Crippen molar-refractivity contribution in [3.8, 4) is 5.88 Å². The lowest BCUT2D eigenvalue weighted by atomic mass is 10.1. The number of rotatable bonds is 1. The maximum atomic E-state index is 9.90.